The molecule has 0 saturated heterocycles. The van der Waals surface area contributed by atoms with E-state index in [-0.39, 0.29) is 18.6 Å². The van der Waals surface area contributed by atoms with Crippen molar-refractivity contribution in [2.75, 3.05) is 18.5 Å². The quantitative estimate of drug-likeness (QED) is 0.632. The van der Waals surface area contributed by atoms with E-state index in [1.807, 2.05) is 12.1 Å². The summed E-state index contributed by atoms with van der Waals surface area (Å²) in [6, 6.07) is 7.18. The maximum atomic E-state index is 11.8. The fourth-order valence-electron chi connectivity index (χ4n) is 1.70. The first-order valence-electron chi connectivity index (χ1n) is 6.93. The lowest BCUT2D eigenvalue weighted by molar-refractivity contribution is 0.0922. The fourth-order valence-corrected chi connectivity index (χ4v) is 1.70. The molecule has 0 fully saturated rings. The molecule has 0 aliphatic rings. The number of hydrogen-bond acceptors (Lipinski definition) is 3. The molecule has 1 rings (SSSR count). The molecular weight excluding hydrogens is 240 g/mol. The predicted octanol–water partition coefficient (Wildman–Crippen LogP) is 2.40. The van der Waals surface area contributed by atoms with Crippen LogP contribution in [0, 0.1) is 0 Å². The number of carbonyl (C=O) groups is 1. The Morgan fingerprint density at radius 1 is 1.26 bits per heavy atom. The average molecular weight is 264 g/mol. The number of hydrogen-bond donors (Lipinski definition) is 3. The van der Waals surface area contributed by atoms with Gasteiger partial charge in [-0.05, 0) is 37.6 Å². The SMILES string of the molecule is CCCCCNc1ccc(C(=O)NC(C)CO)cc1. The second-order valence-corrected chi connectivity index (χ2v) is 4.77. The third-order valence-corrected chi connectivity index (χ3v) is 2.91. The largest absolute Gasteiger partial charge is 0.394 e. The number of amides is 1. The van der Waals surface area contributed by atoms with Crippen molar-refractivity contribution in [1.29, 1.82) is 0 Å². The zero-order valence-electron chi connectivity index (χ0n) is 11.8. The zero-order valence-corrected chi connectivity index (χ0v) is 11.8. The highest BCUT2D eigenvalue weighted by Crippen LogP contribution is 2.10. The zero-order chi connectivity index (χ0) is 14.1. The average Bonchev–Trinajstić information content (AvgIpc) is 2.44. The van der Waals surface area contributed by atoms with E-state index in [1.54, 1.807) is 19.1 Å². The minimum atomic E-state index is -0.223. The van der Waals surface area contributed by atoms with Crippen LogP contribution in [-0.2, 0) is 0 Å². The molecule has 4 heteroatoms. The second-order valence-electron chi connectivity index (χ2n) is 4.77. The summed E-state index contributed by atoms with van der Waals surface area (Å²) in [6.45, 7) is 4.85. The highest BCUT2D eigenvalue weighted by atomic mass is 16.3. The van der Waals surface area contributed by atoms with Crippen LogP contribution in [0.15, 0.2) is 24.3 Å². The molecule has 0 radical (unpaired) electrons. The van der Waals surface area contributed by atoms with Gasteiger partial charge in [-0.2, -0.15) is 0 Å². The van der Waals surface area contributed by atoms with Crippen molar-refractivity contribution in [3.05, 3.63) is 29.8 Å². The number of aliphatic hydroxyl groups excluding tert-OH is 1. The van der Waals surface area contributed by atoms with E-state index < -0.39 is 0 Å². The molecule has 0 aliphatic carbocycles. The van der Waals surface area contributed by atoms with E-state index in [4.69, 9.17) is 5.11 Å². The van der Waals surface area contributed by atoms with Crippen molar-refractivity contribution in [3.63, 3.8) is 0 Å². The summed E-state index contributed by atoms with van der Waals surface area (Å²) in [5.41, 5.74) is 1.64. The van der Waals surface area contributed by atoms with Gasteiger partial charge in [0.1, 0.15) is 0 Å². The normalized spacial score (nSPS) is 11.9. The van der Waals surface area contributed by atoms with E-state index >= 15 is 0 Å². The van der Waals surface area contributed by atoms with Gasteiger partial charge in [-0.3, -0.25) is 4.79 Å². The number of benzene rings is 1. The highest BCUT2D eigenvalue weighted by Gasteiger charge is 2.08. The Labute approximate surface area is 115 Å². The smallest absolute Gasteiger partial charge is 0.251 e. The third kappa shape index (κ3) is 5.75. The first-order valence-corrected chi connectivity index (χ1v) is 6.93. The molecule has 0 spiro atoms. The van der Waals surface area contributed by atoms with Crippen molar-refractivity contribution < 1.29 is 9.90 Å². The van der Waals surface area contributed by atoms with Gasteiger partial charge < -0.3 is 15.7 Å². The number of unbranched alkanes of at least 4 members (excludes halogenated alkanes) is 2. The molecule has 0 heterocycles. The summed E-state index contributed by atoms with van der Waals surface area (Å²) in [4.78, 5) is 11.8. The standard InChI is InChI=1S/C15H24N2O2/c1-3-4-5-10-16-14-8-6-13(7-9-14)15(19)17-12(2)11-18/h6-9,12,16,18H,3-5,10-11H2,1-2H3,(H,17,19). The maximum Gasteiger partial charge on any atom is 0.251 e. The number of carbonyl (C=O) groups excluding carboxylic acids is 1. The van der Waals surface area contributed by atoms with Crippen molar-refractivity contribution in [1.82, 2.24) is 5.32 Å². The number of nitrogens with one attached hydrogen (secondary N) is 2. The topological polar surface area (TPSA) is 61.4 Å². The summed E-state index contributed by atoms with van der Waals surface area (Å²) in [5, 5.41) is 14.9. The first-order chi connectivity index (χ1) is 9.17. The lowest BCUT2D eigenvalue weighted by Gasteiger charge is -2.11. The first kappa shape index (κ1) is 15.5. The molecule has 1 amide bonds. The molecule has 106 valence electrons. The van der Waals surface area contributed by atoms with E-state index in [1.165, 1.54) is 12.8 Å². The Morgan fingerprint density at radius 3 is 2.53 bits per heavy atom. The highest BCUT2D eigenvalue weighted by molar-refractivity contribution is 5.94. The van der Waals surface area contributed by atoms with E-state index in [9.17, 15) is 4.79 Å². The lowest BCUT2D eigenvalue weighted by Crippen LogP contribution is -2.34. The monoisotopic (exact) mass is 264 g/mol. The van der Waals surface area contributed by atoms with Crippen LogP contribution in [0.25, 0.3) is 0 Å². The Bertz CT molecular complexity index is 376. The number of rotatable bonds is 8. The summed E-state index contributed by atoms with van der Waals surface area (Å²) >= 11 is 0. The Kier molecular flexibility index (Phi) is 6.97. The van der Waals surface area contributed by atoms with Gasteiger partial charge >= 0.3 is 0 Å². The van der Waals surface area contributed by atoms with E-state index in [2.05, 4.69) is 17.6 Å². The fraction of sp³-hybridized carbons (Fsp3) is 0.533. The van der Waals surface area contributed by atoms with Crippen LogP contribution in [0.4, 0.5) is 5.69 Å². The minimum Gasteiger partial charge on any atom is -0.394 e. The minimum absolute atomic E-state index is 0.0528. The molecule has 0 aromatic heterocycles. The molecule has 1 aromatic carbocycles. The molecule has 1 aromatic rings. The Morgan fingerprint density at radius 2 is 1.95 bits per heavy atom. The van der Waals surface area contributed by atoms with Crippen molar-refractivity contribution >= 4 is 11.6 Å². The molecule has 4 nitrogen and oxygen atoms in total. The van der Waals surface area contributed by atoms with Gasteiger partial charge in [-0.25, -0.2) is 0 Å². The third-order valence-electron chi connectivity index (χ3n) is 2.91. The van der Waals surface area contributed by atoms with Gasteiger partial charge in [0.2, 0.25) is 0 Å². The molecule has 1 atom stereocenters. The molecule has 0 bridgehead atoms. The summed E-state index contributed by atoms with van der Waals surface area (Å²) < 4.78 is 0. The summed E-state index contributed by atoms with van der Waals surface area (Å²) in [6.07, 6.45) is 3.60. The Balaban J connectivity index is 2.44. The molecule has 0 aliphatic heterocycles. The van der Waals surface area contributed by atoms with Crippen LogP contribution in [0.1, 0.15) is 43.5 Å². The Hall–Kier alpha value is -1.55. The number of aliphatic hydroxyl groups is 1. The molecule has 3 N–H and O–H groups in total. The van der Waals surface area contributed by atoms with Crippen molar-refractivity contribution in [2.45, 2.75) is 39.2 Å². The lowest BCUT2D eigenvalue weighted by atomic mass is 10.1. The maximum absolute atomic E-state index is 11.8. The number of anilines is 1. The molecule has 0 saturated carbocycles. The van der Waals surface area contributed by atoms with E-state index in [0.717, 1.165) is 18.7 Å². The predicted molar refractivity (Wildman–Crippen MR) is 78.5 cm³/mol. The van der Waals surface area contributed by atoms with Crippen LogP contribution < -0.4 is 10.6 Å². The van der Waals surface area contributed by atoms with Crippen molar-refractivity contribution in [3.8, 4) is 0 Å². The summed E-state index contributed by atoms with van der Waals surface area (Å²) in [7, 11) is 0. The second kappa shape index (κ2) is 8.53. The van der Waals surface area contributed by atoms with Gasteiger partial charge in [0.15, 0.2) is 0 Å². The van der Waals surface area contributed by atoms with Crippen molar-refractivity contribution in [2.24, 2.45) is 0 Å². The van der Waals surface area contributed by atoms with Crippen LogP contribution >= 0.6 is 0 Å². The van der Waals surface area contributed by atoms with Crippen LogP contribution in [0.5, 0.6) is 0 Å². The van der Waals surface area contributed by atoms with Gasteiger partial charge in [-0.1, -0.05) is 19.8 Å². The van der Waals surface area contributed by atoms with E-state index in [0.29, 0.717) is 5.56 Å². The van der Waals surface area contributed by atoms with Gasteiger partial charge in [-0.15, -0.1) is 0 Å². The van der Waals surface area contributed by atoms with Gasteiger partial charge in [0.05, 0.1) is 6.61 Å². The van der Waals surface area contributed by atoms with Crippen LogP contribution in [0.3, 0.4) is 0 Å². The van der Waals surface area contributed by atoms with Crippen LogP contribution in [0.2, 0.25) is 0 Å². The van der Waals surface area contributed by atoms with Gasteiger partial charge in [0.25, 0.3) is 5.91 Å². The summed E-state index contributed by atoms with van der Waals surface area (Å²) in [5.74, 6) is -0.154. The molecular formula is C15H24N2O2. The van der Waals surface area contributed by atoms with Gasteiger partial charge in [0, 0.05) is 23.8 Å². The molecule has 19 heavy (non-hydrogen) atoms. The van der Waals surface area contributed by atoms with Crippen LogP contribution in [-0.4, -0.2) is 30.2 Å². The molecule has 1 unspecified atom stereocenters.